The van der Waals surface area contributed by atoms with Crippen LogP contribution in [0.5, 0.6) is 0 Å². The van der Waals surface area contributed by atoms with Crippen LogP contribution in [-0.2, 0) is 17.8 Å². The second kappa shape index (κ2) is 6.21. The van der Waals surface area contributed by atoms with Gasteiger partial charge in [0.1, 0.15) is 5.65 Å². The number of hydrogen-bond donors (Lipinski definition) is 1. The maximum atomic E-state index is 11.9. The largest absolute Gasteiger partial charge is 0.356 e. The van der Waals surface area contributed by atoms with Crippen molar-refractivity contribution in [2.45, 2.75) is 19.4 Å². The SMILES string of the molecule is O=C(Cc1cn2ccccc2n1)NCCCn1ccnc1. The van der Waals surface area contributed by atoms with E-state index in [1.807, 2.05) is 45.8 Å². The Hall–Kier alpha value is -2.63. The lowest BCUT2D eigenvalue weighted by atomic mass is 10.3. The van der Waals surface area contributed by atoms with E-state index < -0.39 is 0 Å². The van der Waals surface area contributed by atoms with Crippen LogP contribution in [0.1, 0.15) is 12.1 Å². The third kappa shape index (κ3) is 3.47. The summed E-state index contributed by atoms with van der Waals surface area (Å²) in [5, 5.41) is 2.92. The number of nitrogens with one attached hydrogen (secondary N) is 1. The van der Waals surface area contributed by atoms with Gasteiger partial charge in [0.2, 0.25) is 5.91 Å². The number of rotatable bonds is 6. The molecule has 21 heavy (non-hydrogen) atoms. The number of amides is 1. The zero-order valence-electron chi connectivity index (χ0n) is 11.6. The summed E-state index contributed by atoms with van der Waals surface area (Å²) in [4.78, 5) is 20.3. The van der Waals surface area contributed by atoms with Crippen LogP contribution in [0.2, 0.25) is 0 Å². The summed E-state index contributed by atoms with van der Waals surface area (Å²) in [7, 11) is 0. The maximum Gasteiger partial charge on any atom is 0.226 e. The minimum absolute atomic E-state index is 0.00374. The normalized spacial score (nSPS) is 10.9. The number of aromatic nitrogens is 4. The smallest absolute Gasteiger partial charge is 0.226 e. The molecule has 0 aromatic carbocycles. The zero-order chi connectivity index (χ0) is 14.5. The second-order valence-electron chi connectivity index (χ2n) is 4.88. The number of pyridine rings is 1. The number of fused-ring (bicyclic) bond motifs is 1. The summed E-state index contributed by atoms with van der Waals surface area (Å²) in [6, 6.07) is 5.80. The van der Waals surface area contributed by atoms with Crippen molar-refractivity contribution in [2.75, 3.05) is 6.54 Å². The molecule has 1 N–H and O–H groups in total. The summed E-state index contributed by atoms with van der Waals surface area (Å²) in [6.07, 6.45) is 10.5. The Bertz CT molecular complexity index is 684. The standard InChI is InChI=1S/C15H17N5O/c21-15(17-5-3-7-19-9-6-16-12-19)10-13-11-20-8-2-1-4-14(20)18-13/h1-2,4,6,8-9,11-12H,3,5,7,10H2,(H,17,21). The molecule has 6 heteroatoms. The molecule has 0 fully saturated rings. The molecule has 0 aliphatic heterocycles. The van der Waals surface area contributed by atoms with Crippen LogP contribution in [0.15, 0.2) is 49.3 Å². The molecule has 0 atom stereocenters. The van der Waals surface area contributed by atoms with Gasteiger partial charge in [0.25, 0.3) is 0 Å². The summed E-state index contributed by atoms with van der Waals surface area (Å²) >= 11 is 0. The molecular formula is C15H17N5O. The number of nitrogens with zero attached hydrogens (tertiary/aromatic N) is 4. The molecular weight excluding hydrogens is 266 g/mol. The van der Waals surface area contributed by atoms with E-state index in [-0.39, 0.29) is 5.91 Å². The number of carbonyl (C=O) groups is 1. The summed E-state index contributed by atoms with van der Waals surface area (Å²) in [5.41, 5.74) is 1.65. The van der Waals surface area contributed by atoms with Gasteiger partial charge in [0.15, 0.2) is 0 Å². The molecule has 0 aliphatic carbocycles. The van der Waals surface area contributed by atoms with Crippen molar-refractivity contribution >= 4 is 11.6 Å². The molecule has 3 rings (SSSR count). The van der Waals surface area contributed by atoms with Gasteiger partial charge >= 0.3 is 0 Å². The zero-order valence-corrected chi connectivity index (χ0v) is 11.6. The van der Waals surface area contributed by atoms with Crippen LogP contribution in [0.25, 0.3) is 5.65 Å². The van der Waals surface area contributed by atoms with Crippen molar-refractivity contribution in [3.8, 4) is 0 Å². The first kappa shape index (κ1) is 13.4. The Balaban J connectivity index is 1.45. The molecule has 1 amide bonds. The van der Waals surface area contributed by atoms with Crippen molar-refractivity contribution in [3.63, 3.8) is 0 Å². The van der Waals surface area contributed by atoms with E-state index in [1.165, 1.54) is 0 Å². The Kier molecular flexibility index (Phi) is 3.95. The molecule has 3 aromatic rings. The number of aryl methyl sites for hydroxylation is 1. The van der Waals surface area contributed by atoms with E-state index in [0.717, 1.165) is 24.3 Å². The Morgan fingerprint density at radius 1 is 1.29 bits per heavy atom. The number of imidazole rings is 2. The molecule has 0 saturated heterocycles. The molecule has 0 unspecified atom stereocenters. The topological polar surface area (TPSA) is 64.2 Å². The average molecular weight is 283 g/mol. The third-order valence-electron chi connectivity index (χ3n) is 3.23. The van der Waals surface area contributed by atoms with E-state index in [9.17, 15) is 4.79 Å². The lowest BCUT2D eigenvalue weighted by Crippen LogP contribution is -2.26. The first-order valence-corrected chi connectivity index (χ1v) is 6.96. The fourth-order valence-electron chi connectivity index (χ4n) is 2.21. The van der Waals surface area contributed by atoms with Gasteiger partial charge in [-0.05, 0) is 18.6 Å². The van der Waals surface area contributed by atoms with Crippen LogP contribution < -0.4 is 5.32 Å². The van der Waals surface area contributed by atoms with E-state index in [2.05, 4.69) is 15.3 Å². The van der Waals surface area contributed by atoms with Gasteiger partial charge in [-0.25, -0.2) is 9.97 Å². The summed E-state index contributed by atoms with van der Waals surface area (Å²) in [5.74, 6) is 0.00374. The van der Waals surface area contributed by atoms with E-state index >= 15 is 0 Å². The third-order valence-corrected chi connectivity index (χ3v) is 3.23. The lowest BCUT2D eigenvalue weighted by molar-refractivity contribution is -0.120. The fraction of sp³-hybridized carbons (Fsp3) is 0.267. The monoisotopic (exact) mass is 283 g/mol. The molecule has 0 aliphatic rings. The summed E-state index contributed by atoms with van der Waals surface area (Å²) < 4.78 is 3.91. The van der Waals surface area contributed by atoms with E-state index in [0.29, 0.717) is 13.0 Å². The minimum atomic E-state index is 0.00374. The lowest BCUT2D eigenvalue weighted by Gasteiger charge is -2.04. The van der Waals surface area contributed by atoms with Gasteiger partial charge in [0.05, 0.1) is 18.4 Å². The minimum Gasteiger partial charge on any atom is -0.356 e. The van der Waals surface area contributed by atoms with Gasteiger partial charge in [0, 0.05) is 37.9 Å². The molecule has 108 valence electrons. The van der Waals surface area contributed by atoms with Gasteiger partial charge in [-0.2, -0.15) is 0 Å². The quantitative estimate of drug-likeness (QED) is 0.693. The van der Waals surface area contributed by atoms with Gasteiger partial charge in [-0.15, -0.1) is 0 Å². The Morgan fingerprint density at radius 2 is 2.24 bits per heavy atom. The highest BCUT2D eigenvalue weighted by molar-refractivity contribution is 5.78. The molecule has 3 heterocycles. The Morgan fingerprint density at radius 3 is 3.05 bits per heavy atom. The van der Waals surface area contributed by atoms with Crippen molar-refractivity contribution < 1.29 is 4.79 Å². The average Bonchev–Trinajstić information content (AvgIpc) is 3.12. The number of carbonyl (C=O) groups excluding carboxylic acids is 1. The van der Waals surface area contributed by atoms with Gasteiger partial charge < -0.3 is 14.3 Å². The van der Waals surface area contributed by atoms with Crippen molar-refractivity contribution in [3.05, 3.63) is 55.0 Å². The van der Waals surface area contributed by atoms with Crippen molar-refractivity contribution in [1.82, 2.24) is 24.3 Å². The number of hydrogen-bond acceptors (Lipinski definition) is 3. The second-order valence-corrected chi connectivity index (χ2v) is 4.88. The molecule has 6 nitrogen and oxygen atoms in total. The Labute approximate surface area is 122 Å². The van der Waals surface area contributed by atoms with Crippen molar-refractivity contribution in [2.24, 2.45) is 0 Å². The first-order chi connectivity index (χ1) is 10.3. The van der Waals surface area contributed by atoms with Gasteiger partial charge in [-0.3, -0.25) is 4.79 Å². The fourth-order valence-corrected chi connectivity index (χ4v) is 2.21. The van der Waals surface area contributed by atoms with Crippen LogP contribution in [0.4, 0.5) is 0 Å². The van der Waals surface area contributed by atoms with E-state index in [1.54, 1.807) is 12.5 Å². The molecule has 3 aromatic heterocycles. The van der Waals surface area contributed by atoms with Crippen LogP contribution >= 0.6 is 0 Å². The summed E-state index contributed by atoms with van der Waals surface area (Å²) in [6.45, 7) is 1.51. The maximum absolute atomic E-state index is 11.9. The van der Waals surface area contributed by atoms with Crippen LogP contribution in [0.3, 0.4) is 0 Å². The molecule has 0 saturated carbocycles. The van der Waals surface area contributed by atoms with Crippen LogP contribution in [-0.4, -0.2) is 31.4 Å². The molecule has 0 bridgehead atoms. The predicted molar refractivity (Wildman–Crippen MR) is 78.7 cm³/mol. The van der Waals surface area contributed by atoms with Crippen molar-refractivity contribution in [1.29, 1.82) is 0 Å². The highest BCUT2D eigenvalue weighted by Crippen LogP contribution is 2.04. The molecule has 0 spiro atoms. The molecule has 0 radical (unpaired) electrons. The predicted octanol–water partition coefficient (Wildman–Crippen LogP) is 1.28. The van der Waals surface area contributed by atoms with Gasteiger partial charge in [-0.1, -0.05) is 6.07 Å². The first-order valence-electron chi connectivity index (χ1n) is 6.96. The van der Waals surface area contributed by atoms with E-state index in [4.69, 9.17) is 0 Å². The highest BCUT2D eigenvalue weighted by Gasteiger charge is 2.06. The van der Waals surface area contributed by atoms with Crippen LogP contribution in [0, 0.1) is 0 Å². The highest BCUT2D eigenvalue weighted by atomic mass is 16.1.